The lowest BCUT2D eigenvalue weighted by Gasteiger charge is -2.01. The van der Waals surface area contributed by atoms with Crippen LogP contribution in [-0.4, -0.2) is 12.2 Å². The van der Waals surface area contributed by atoms with Gasteiger partial charge in [-0.1, -0.05) is 11.2 Å². The average molecular weight is 355 g/mol. The lowest BCUT2D eigenvalue weighted by Crippen LogP contribution is -2.01. The van der Waals surface area contributed by atoms with Crippen molar-refractivity contribution in [1.82, 2.24) is 0 Å². The lowest BCUT2D eigenvalue weighted by atomic mass is 10.2. The third kappa shape index (κ3) is 3.19. The molecule has 0 saturated heterocycles. The standard InChI is InChI=1S/C13H10INO3/c1-9-2-3-11(6-12(9)14)13(16)18-15-7-10-4-5-17-8-10/h2-8H,1H3/b15-7+. The number of hydrogen-bond donors (Lipinski definition) is 0. The van der Waals surface area contributed by atoms with E-state index < -0.39 is 5.97 Å². The fraction of sp³-hybridized carbons (Fsp3) is 0.0769. The van der Waals surface area contributed by atoms with E-state index in [2.05, 4.69) is 27.7 Å². The molecular weight excluding hydrogens is 345 g/mol. The van der Waals surface area contributed by atoms with Crippen LogP contribution < -0.4 is 0 Å². The molecule has 1 aromatic heterocycles. The molecule has 0 radical (unpaired) electrons. The van der Waals surface area contributed by atoms with Crippen LogP contribution in [0.2, 0.25) is 0 Å². The van der Waals surface area contributed by atoms with E-state index in [1.54, 1.807) is 18.2 Å². The number of furan rings is 1. The molecule has 0 fully saturated rings. The van der Waals surface area contributed by atoms with Crippen molar-refractivity contribution in [3.63, 3.8) is 0 Å². The van der Waals surface area contributed by atoms with Crippen LogP contribution in [0.25, 0.3) is 0 Å². The number of oxime groups is 1. The Morgan fingerprint density at radius 3 is 2.94 bits per heavy atom. The summed E-state index contributed by atoms with van der Waals surface area (Å²) in [5.74, 6) is -0.479. The Balaban J connectivity index is 2.01. The molecule has 18 heavy (non-hydrogen) atoms. The van der Waals surface area contributed by atoms with Crippen LogP contribution in [0.1, 0.15) is 21.5 Å². The molecule has 1 aromatic carbocycles. The van der Waals surface area contributed by atoms with Crippen LogP contribution in [0.4, 0.5) is 0 Å². The van der Waals surface area contributed by atoms with Gasteiger partial charge in [0, 0.05) is 9.13 Å². The summed E-state index contributed by atoms with van der Waals surface area (Å²) >= 11 is 2.17. The molecule has 0 saturated carbocycles. The number of hydrogen-bond acceptors (Lipinski definition) is 4. The van der Waals surface area contributed by atoms with Gasteiger partial charge in [0.25, 0.3) is 0 Å². The molecule has 0 unspecified atom stereocenters. The number of benzene rings is 1. The molecule has 0 N–H and O–H groups in total. The largest absolute Gasteiger partial charge is 0.472 e. The third-order valence-electron chi connectivity index (χ3n) is 2.29. The zero-order valence-corrected chi connectivity index (χ0v) is 11.7. The van der Waals surface area contributed by atoms with Crippen LogP contribution in [-0.2, 0) is 4.84 Å². The molecule has 2 rings (SSSR count). The molecule has 0 atom stereocenters. The van der Waals surface area contributed by atoms with E-state index >= 15 is 0 Å². The first-order valence-electron chi connectivity index (χ1n) is 5.20. The molecule has 0 aliphatic heterocycles. The Labute approximate surface area is 118 Å². The predicted molar refractivity (Wildman–Crippen MR) is 75.6 cm³/mol. The summed E-state index contributed by atoms with van der Waals surface area (Å²) in [6.07, 6.45) is 4.44. The molecule has 0 aliphatic carbocycles. The summed E-state index contributed by atoms with van der Waals surface area (Å²) in [6, 6.07) is 7.07. The van der Waals surface area contributed by atoms with Gasteiger partial charge in [0.15, 0.2) is 0 Å². The van der Waals surface area contributed by atoms with Gasteiger partial charge in [-0.3, -0.25) is 0 Å². The fourth-order valence-electron chi connectivity index (χ4n) is 1.26. The molecule has 0 bridgehead atoms. The average Bonchev–Trinajstić information content (AvgIpc) is 2.85. The number of nitrogens with zero attached hydrogens (tertiary/aromatic N) is 1. The normalized spacial score (nSPS) is 10.8. The maximum absolute atomic E-state index is 11.7. The maximum Gasteiger partial charge on any atom is 0.365 e. The first-order chi connectivity index (χ1) is 8.66. The first-order valence-corrected chi connectivity index (χ1v) is 6.28. The van der Waals surface area contributed by atoms with E-state index in [0.29, 0.717) is 5.56 Å². The van der Waals surface area contributed by atoms with Crippen molar-refractivity contribution in [3.05, 3.63) is 57.1 Å². The lowest BCUT2D eigenvalue weighted by molar-refractivity contribution is 0.0519. The van der Waals surface area contributed by atoms with Crippen LogP contribution in [0.5, 0.6) is 0 Å². The van der Waals surface area contributed by atoms with Crippen LogP contribution in [0.3, 0.4) is 0 Å². The van der Waals surface area contributed by atoms with E-state index in [9.17, 15) is 4.79 Å². The van der Waals surface area contributed by atoms with E-state index in [0.717, 1.165) is 14.7 Å². The Kier molecular flexibility index (Phi) is 4.14. The van der Waals surface area contributed by atoms with Gasteiger partial charge in [-0.2, -0.15) is 0 Å². The first kappa shape index (κ1) is 12.8. The SMILES string of the molecule is Cc1ccc(C(=O)O/N=C/c2ccoc2)cc1I. The van der Waals surface area contributed by atoms with Crippen molar-refractivity contribution in [2.45, 2.75) is 6.92 Å². The number of aryl methyl sites for hydroxylation is 1. The molecule has 5 heteroatoms. The van der Waals surface area contributed by atoms with Gasteiger partial charge in [0.05, 0.1) is 24.3 Å². The van der Waals surface area contributed by atoms with E-state index in [1.165, 1.54) is 18.7 Å². The highest BCUT2D eigenvalue weighted by molar-refractivity contribution is 14.1. The number of carbonyl (C=O) groups is 1. The van der Waals surface area contributed by atoms with Gasteiger partial charge < -0.3 is 9.25 Å². The van der Waals surface area contributed by atoms with Crippen molar-refractivity contribution < 1.29 is 14.0 Å². The second kappa shape index (κ2) is 5.81. The van der Waals surface area contributed by atoms with Crippen LogP contribution >= 0.6 is 22.6 Å². The molecular formula is C13H10INO3. The van der Waals surface area contributed by atoms with Crippen molar-refractivity contribution in [1.29, 1.82) is 0 Å². The van der Waals surface area contributed by atoms with Gasteiger partial charge in [-0.15, -0.1) is 0 Å². The van der Waals surface area contributed by atoms with Crippen molar-refractivity contribution in [2.75, 3.05) is 0 Å². The molecule has 1 heterocycles. The smallest absolute Gasteiger partial charge is 0.365 e. The minimum Gasteiger partial charge on any atom is -0.472 e. The number of halogens is 1. The quantitative estimate of drug-likeness (QED) is 0.367. The fourth-order valence-corrected chi connectivity index (χ4v) is 1.77. The summed E-state index contributed by atoms with van der Waals surface area (Å²) in [5, 5.41) is 3.61. The minimum atomic E-state index is -0.479. The zero-order chi connectivity index (χ0) is 13.0. The minimum absolute atomic E-state index is 0.479. The highest BCUT2D eigenvalue weighted by Crippen LogP contribution is 2.14. The topological polar surface area (TPSA) is 51.8 Å². The number of rotatable bonds is 3. The van der Waals surface area contributed by atoms with Crippen LogP contribution in [0.15, 0.2) is 46.4 Å². The highest BCUT2D eigenvalue weighted by atomic mass is 127. The highest BCUT2D eigenvalue weighted by Gasteiger charge is 2.08. The molecule has 4 nitrogen and oxygen atoms in total. The predicted octanol–water partition coefficient (Wildman–Crippen LogP) is 3.38. The summed E-state index contributed by atoms with van der Waals surface area (Å²) < 4.78 is 5.87. The van der Waals surface area contributed by atoms with Gasteiger partial charge in [0.1, 0.15) is 0 Å². The van der Waals surface area contributed by atoms with Crippen LogP contribution in [0, 0.1) is 10.5 Å². The van der Waals surface area contributed by atoms with E-state index in [1.807, 2.05) is 13.0 Å². The summed E-state index contributed by atoms with van der Waals surface area (Å²) in [7, 11) is 0. The molecule has 2 aromatic rings. The Bertz CT molecular complexity index is 576. The molecule has 0 spiro atoms. The summed E-state index contributed by atoms with van der Waals surface area (Å²) in [4.78, 5) is 16.5. The van der Waals surface area contributed by atoms with Gasteiger partial charge in [-0.05, 0) is 53.3 Å². The summed E-state index contributed by atoms with van der Waals surface area (Å²) in [5.41, 5.74) is 2.34. The Morgan fingerprint density at radius 1 is 1.44 bits per heavy atom. The Morgan fingerprint density at radius 2 is 2.28 bits per heavy atom. The monoisotopic (exact) mass is 355 g/mol. The second-order valence-corrected chi connectivity index (χ2v) is 4.80. The van der Waals surface area contributed by atoms with Gasteiger partial charge in [-0.25, -0.2) is 4.79 Å². The van der Waals surface area contributed by atoms with E-state index in [-0.39, 0.29) is 0 Å². The molecule has 92 valence electrons. The van der Waals surface area contributed by atoms with Gasteiger partial charge in [0.2, 0.25) is 0 Å². The van der Waals surface area contributed by atoms with Crippen molar-refractivity contribution in [2.24, 2.45) is 5.16 Å². The molecule has 0 aliphatic rings. The Hall–Kier alpha value is -1.63. The van der Waals surface area contributed by atoms with Gasteiger partial charge >= 0.3 is 5.97 Å². The van der Waals surface area contributed by atoms with Crippen molar-refractivity contribution >= 4 is 34.8 Å². The maximum atomic E-state index is 11.7. The molecule has 0 amide bonds. The summed E-state index contributed by atoms with van der Waals surface area (Å²) in [6.45, 7) is 1.98. The third-order valence-corrected chi connectivity index (χ3v) is 3.45. The second-order valence-electron chi connectivity index (χ2n) is 3.63. The number of carbonyl (C=O) groups excluding carboxylic acids is 1. The van der Waals surface area contributed by atoms with Crippen molar-refractivity contribution in [3.8, 4) is 0 Å². The van der Waals surface area contributed by atoms with E-state index in [4.69, 9.17) is 9.25 Å². The zero-order valence-electron chi connectivity index (χ0n) is 9.59.